The maximum atomic E-state index is 11.9. The third kappa shape index (κ3) is 3.53. The van der Waals surface area contributed by atoms with Gasteiger partial charge >= 0.3 is 13.1 Å². The first-order valence-electron chi connectivity index (χ1n) is 7.79. The molecular formula is C17H25BO5. The summed E-state index contributed by atoms with van der Waals surface area (Å²) in [4.78, 5) is 11.9. The summed E-state index contributed by atoms with van der Waals surface area (Å²) in [5, 5.41) is 9.62. The quantitative estimate of drug-likeness (QED) is 0.682. The summed E-state index contributed by atoms with van der Waals surface area (Å²) in [6.07, 6.45) is 0.152. The van der Waals surface area contributed by atoms with Crippen LogP contribution in [0.1, 0.15) is 51.1 Å². The summed E-state index contributed by atoms with van der Waals surface area (Å²) < 4.78 is 17.1. The van der Waals surface area contributed by atoms with E-state index in [1.807, 2.05) is 40.7 Å². The molecule has 1 aromatic rings. The number of esters is 1. The fraction of sp³-hybridized carbons (Fsp3) is 0.588. The van der Waals surface area contributed by atoms with Crippen molar-refractivity contribution in [1.29, 1.82) is 0 Å². The summed E-state index contributed by atoms with van der Waals surface area (Å²) in [7, 11) is 0.815. The zero-order valence-electron chi connectivity index (χ0n) is 14.7. The van der Waals surface area contributed by atoms with E-state index in [1.165, 1.54) is 7.11 Å². The lowest BCUT2D eigenvalue weighted by Gasteiger charge is -2.32. The Balaban J connectivity index is 2.38. The Bertz CT molecular complexity index is 581. The van der Waals surface area contributed by atoms with Crippen LogP contribution in [0.4, 0.5) is 0 Å². The van der Waals surface area contributed by atoms with E-state index in [9.17, 15) is 9.90 Å². The molecule has 1 fully saturated rings. The predicted molar refractivity (Wildman–Crippen MR) is 88.3 cm³/mol. The number of carbonyl (C=O) groups excluding carboxylic acids is 1. The largest absolute Gasteiger partial charge is 0.508 e. The highest BCUT2D eigenvalue weighted by Gasteiger charge is 2.54. The standard InChI is InChI=1S/C17H25BO5/c1-11-9-12(19)7-8-13(11)14(10-15(20)21-6)18-22-16(2,3)17(4,5)23-18/h7-9,14,19H,10H2,1-6H3. The summed E-state index contributed by atoms with van der Waals surface area (Å²) in [5.41, 5.74) is 0.841. The Kier molecular flexibility index (Phi) is 4.78. The highest BCUT2D eigenvalue weighted by molar-refractivity contribution is 6.48. The van der Waals surface area contributed by atoms with Crippen LogP contribution in [0.25, 0.3) is 0 Å². The van der Waals surface area contributed by atoms with Gasteiger partial charge in [0.25, 0.3) is 0 Å². The Morgan fingerprint density at radius 2 is 1.83 bits per heavy atom. The van der Waals surface area contributed by atoms with E-state index >= 15 is 0 Å². The van der Waals surface area contributed by atoms with Crippen molar-refractivity contribution in [2.75, 3.05) is 7.11 Å². The first kappa shape index (κ1) is 17.8. The molecule has 1 aliphatic heterocycles. The van der Waals surface area contributed by atoms with Gasteiger partial charge in [0.2, 0.25) is 0 Å². The van der Waals surface area contributed by atoms with Crippen molar-refractivity contribution in [2.45, 2.75) is 58.1 Å². The molecule has 1 aliphatic rings. The molecule has 0 saturated carbocycles. The maximum absolute atomic E-state index is 11.9. The Morgan fingerprint density at radius 3 is 2.30 bits per heavy atom. The van der Waals surface area contributed by atoms with Crippen LogP contribution in [0.2, 0.25) is 0 Å². The number of ether oxygens (including phenoxy) is 1. The van der Waals surface area contributed by atoms with Crippen molar-refractivity contribution >= 4 is 13.1 Å². The van der Waals surface area contributed by atoms with Gasteiger partial charge in [0.15, 0.2) is 0 Å². The molecule has 1 saturated heterocycles. The van der Waals surface area contributed by atoms with E-state index in [4.69, 9.17) is 14.0 Å². The smallest absolute Gasteiger partial charge is 0.466 e. The van der Waals surface area contributed by atoms with Crippen molar-refractivity contribution in [1.82, 2.24) is 0 Å². The van der Waals surface area contributed by atoms with Crippen molar-refractivity contribution in [3.8, 4) is 5.75 Å². The molecule has 0 aliphatic carbocycles. The van der Waals surface area contributed by atoms with E-state index in [0.717, 1.165) is 11.1 Å². The second-order valence-corrected chi connectivity index (χ2v) is 7.05. The van der Waals surface area contributed by atoms with Crippen LogP contribution in [0.5, 0.6) is 5.75 Å². The zero-order chi connectivity index (χ0) is 17.4. The second-order valence-electron chi connectivity index (χ2n) is 7.05. The summed E-state index contributed by atoms with van der Waals surface area (Å²) >= 11 is 0. The SMILES string of the molecule is COC(=O)CC(B1OC(C)(C)C(C)(C)O1)c1ccc(O)cc1C. The minimum absolute atomic E-state index is 0.152. The molecule has 1 unspecified atom stereocenters. The van der Waals surface area contributed by atoms with Gasteiger partial charge in [-0.3, -0.25) is 4.79 Å². The molecular weight excluding hydrogens is 295 g/mol. The summed E-state index contributed by atoms with van der Waals surface area (Å²) in [6.45, 7) is 9.81. The number of hydrogen-bond donors (Lipinski definition) is 1. The average Bonchev–Trinajstić information content (AvgIpc) is 2.65. The van der Waals surface area contributed by atoms with Crippen LogP contribution < -0.4 is 0 Å². The number of hydrogen-bond acceptors (Lipinski definition) is 5. The van der Waals surface area contributed by atoms with Crippen LogP contribution in [-0.4, -0.2) is 36.5 Å². The van der Waals surface area contributed by atoms with Gasteiger partial charge in [0.05, 0.1) is 24.7 Å². The topological polar surface area (TPSA) is 65.0 Å². The van der Waals surface area contributed by atoms with Crippen LogP contribution in [-0.2, 0) is 18.8 Å². The van der Waals surface area contributed by atoms with E-state index in [1.54, 1.807) is 12.1 Å². The highest BCUT2D eigenvalue weighted by Crippen LogP contribution is 2.42. The lowest BCUT2D eigenvalue weighted by molar-refractivity contribution is -0.140. The third-order valence-corrected chi connectivity index (χ3v) is 4.87. The number of phenolic OH excluding ortho intramolecular Hbond substituents is 1. The van der Waals surface area contributed by atoms with Gasteiger partial charge in [0.1, 0.15) is 5.75 Å². The number of methoxy groups -OCH3 is 1. The van der Waals surface area contributed by atoms with Gasteiger partial charge in [-0.1, -0.05) is 6.07 Å². The fourth-order valence-corrected chi connectivity index (χ4v) is 2.74. The molecule has 5 nitrogen and oxygen atoms in total. The molecule has 1 heterocycles. The predicted octanol–water partition coefficient (Wildman–Crippen LogP) is 2.98. The number of rotatable bonds is 4. The molecule has 0 aromatic heterocycles. The number of aromatic hydroxyl groups is 1. The molecule has 0 bridgehead atoms. The average molecular weight is 320 g/mol. The van der Waals surface area contributed by atoms with E-state index in [2.05, 4.69) is 0 Å². The summed E-state index contributed by atoms with van der Waals surface area (Å²) in [5.74, 6) is -0.432. The van der Waals surface area contributed by atoms with Crippen molar-refractivity contribution < 1.29 is 23.9 Å². The lowest BCUT2D eigenvalue weighted by Crippen LogP contribution is -2.41. The molecule has 1 atom stereocenters. The highest BCUT2D eigenvalue weighted by atomic mass is 16.7. The van der Waals surface area contributed by atoms with Crippen LogP contribution in [0.15, 0.2) is 18.2 Å². The molecule has 2 rings (SSSR count). The Labute approximate surface area is 138 Å². The van der Waals surface area contributed by atoms with Gasteiger partial charge in [-0.05, 0) is 57.9 Å². The lowest BCUT2D eigenvalue weighted by atomic mass is 9.65. The number of phenols is 1. The minimum atomic E-state index is -0.553. The minimum Gasteiger partial charge on any atom is -0.508 e. The van der Waals surface area contributed by atoms with Gasteiger partial charge in [0, 0.05) is 5.82 Å². The van der Waals surface area contributed by atoms with Crippen LogP contribution in [0.3, 0.4) is 0 Å². The third-order valence-electron chi connectivity index (χ3n) is 4.87. The van der Waals surface area contributed by atoms with Crippen molar-refractivity contribution in [3.05, 3.63) is 29.3 Å². The molecule has 126 valence electrons. The Morgan fingerprint density at radius 1 is 1.26 bits per heavy atom. The molecule has 0 radical (unpaired) electrons. The van der Waals surface area contributed by atoms with Crippen molar-refractivity contribution in [3.63, 3.8) is 0 Å². The van der Waals surface area contributed by atoms with Gasteiger partial charge in [-0.25, -0.2) is 0 Å². The van der Waals surface area contributed by atoms with E-state index in [-0.39, 0.29) is 24.0 Å². The van der Waals surface area contributed by atoms with E-state index in [0.29, 0.717) is 0 Å². The van der Waals surface area contributed by atoms with Crippen LogP contribution >= 0.6 is 0 Å². The normalized spacial score (nSPS) is 20.3. The van der Waals surface area contributed by atoms with Gasteiger partial charge < -0.3 is 19.2 Å². The first-order valence-corrected chi connectivity index (χ1v) is 7.79. The fourth-order valence-electron chi connectivity index (χ4n) is 2.74. The number of carbonyl (C=O) groups is 1. The molecule has 1 N–H and O–H groups in total. The molecule has 0 amide bonds. The van der Waals surface area contributed by atoms with Crippen molar-refractivity contribution in [2.24, 2.45) is 0 Å². The molecule has 1 aromatic carbocycles. The monoisotopic (exact) mass is 320 g/mol. The number of aryl methyl sites for hydroxylation is 1. The molecule has 0 spiro atoms. The first-order chi connectivity index (χ1) is 10.6. The van der Waals surface area contributed by atoms with Gasteiger partial charge in [-0.2, -0.15) is 0 Å². The van der Waals surface area contributed by atoms with Crippen LogP contribution in [0, 0.1) is 6.92 Å². The maximum Gasteiger partial charge on any atom is 0.466 e. The number of benzene rings is 1. The van der Waals surface area contributed by atoms with Gasteiger partial charge in [-0.15, -0.1) is 0 Å². The zero-order valence-corrected chi connectivity index (χ0v) is 14.7. The second kappa shape index (κ2) is 6.17. The Hall–Kier alpha value is -1.53. The molecule has 23 heavy (non-hydrogen) atoms. The summed E-state index contributed by atoms with van der Waals surface area (Å²) in [6, 6.07) is 5.09. The van der Waals surface area contributed by atoms with E-state index < -0.39 is 18.3 Å². The molecule has 6 heteroatoms.